The van der Waals surface area contributed by atoms with Gasteiger partial charge in [0.2, 0.25) is 15.9 Å². The van der Waals surface area contributed by atoms with E-state index in [4.69, 9.17) is 11.6 Å². The highest BCUT2D eigenvalue weighted by Crippen LogP contribution is 2.23. The molecule has 0 saturated carbocycles. The van der Waals surface area contributed by atoms with E-state index in [1.165, 1.54) is 38.5 Å². The summed E-state index contributed by atoms with van der Waals surface area (Å²) in [6.45, 7) is 9.10. The second-order valence-electron chi connectivity index (χ2n) is 11.2. The predicted octanol–water partition coefficient (Wildman–Crippen LogP) is 7.23. The maximum atomic E-state index is 13.5. The van der Waals surface area contributed by atoms with Crippen molar-refractivity contribution in [2.45, 2.75) is 128 Å². The number of carbonyl (C=O) groups excluding carboxylic acids is 2. The van der Waals surface area contributed by atoms with Gasteiger partial charge in [-0.1, -0.05) is 104 Å². The summed E-state index contributed by atoms with van der Waals surface area (Å²) in [5.74, 6) is -1.15. The van der Waals surface area contributed by atoms with Crippen LogP contribution >= 0.6 is 11.6 Å². The number of halogens is 1. The third kappa shape index (κ3) is 13.8. The standard InChI is InChI=1S/C29H49ClN2O4S/c1-6-7-8-9-10-11-12-13-17-20-25(22-21-23(2)30)37(35,36)32-26(27(33)29(3,4)5)28(34)31-24-18-15-14-16-19-24/h14-16,18-19,23,25-26,32H,6-13,17,20-22H2,1-5H3,(H,31,34). The number of anilines is 1. The molecule has 212 valence electrons. The zero-order valence-corrected chi connectivity index (χ0v) is 25.1. The molecule has 0 saturated heterocycles. The van der Waals surface area contributed by atoms with Crippen LogP contribution in [0.3, 0.4) is 0 Å². The van der Waals surface area contributed by atoms with Crippen molar-refractivity contribution in [1.29, 1.82) is 0 Å². The molecule has 1 aromatic rings. The molecule has 1 amide bonds. The monoisotopic (exact) mass is 556 g/mol. The fraction of sp³-hybridized carbons (Fsp3) is 0.724. The van der Waals surface area contributed by atoms with Crippen molar-refractivity contribution < 1.29 is 18.0 Å². The number of hydrogen-bond acceptors (Lipinski definition) is 4. The van der Waals surface area contributed by atoms with Crippen LogP contribution in [0.4, 0.5) is 5.69 Å². The Hall–Kier alpha value is -1.44. The molecule has 0 bridgehead atoms. The Labute approximate surface area is 230 Å². The van der Waals surface area contributed by atoms with Crippen molar-refractivity contribution in [1.82, 2.24) is 4.72 Å². The quantitative estimate of drug-likeness (QED) is 0.107. The molecular weight excluding hydrogens is 508 g/mol. The van der Waals surface area contributed by atoms with E-state index in [2.05, 4.69) is 17.0 Å². The summed E-state index contributed by atoms with van der Waals surface area (Å²) >= 11 is 6.15. The van der Waals surface area contributed by atoms with Crippen LogP contribution in [-0.2, 0) is 19.6 Å². The van der Waals surface area contributed by atoms with Crippen LogP contribution in [0.25, 0.3) is 0 Å². The Kier molecular flexibility index (Phi) is 15.6. The number of sulfonamides is 1. The number of ketones is 1. The molecule has 0 spiro atoms. The number of carbonyl (C=O) groups is 2. The van der Waals surface area contributed by atoms with Gasteiger partial charge in [-0.2, -0.15) is 4.72 Å². The second-order valence-corrected chi connectivity index (χ2v) is 13.9. The molecule has 2 N–H and O–H groups in total. The third-order valence-corrected chi connectivity index (χ3v) is 8.67. The van der Waals surface area contributed by atoms with Crippen LogP contribution in [0.15, 0.2) is 30.3 Å². The molecule has 6 nitrogen and oxygen atoms in total. The van der Waals surface area contributed by atoms with E-state index in [1.54, 1.807) is 45.0 Å². The number of nitrogens with one attached hydrogen (secondary N) is 2. The van der Waals surface area contributed by atoms with Crippen LogP contribution in [0.1, 0.15) is 112 Å². The topological polar surface area (TPSA) is 92.3 Å². The van der Waals surface area contributed by atoms with Gasteiger partial charge in [-0.25, -0.2) is 8.42 Å². The number of Topliss-reactive ketones (excluding diaryl/α,β-unsaturated/α-hetero) is 1. The molecule has 0 aromatic heterocycles. The largest absolute Gasteiger partial charge is 0.324 e. The molecule has 0 heterocycles. The van der Waals surface area contributed by atoms with Gasteiger partial charge in [-0.15, -0.1) is 11.6 Å². The zero-order chi connectivity index (χ0) is 27.9. The molecule has 0 aliphatic rings. The van der Waals surface area contributed by atoms with Gasteiger partial charge >= 0.3 is 0 Å². The predicted molar refractivity (Wildman–Crippen MR) is 156 cm³/mol. The Morgan fingerprint density at radius 3 is 1.92 bits per heavy atom. The van der Waals surface area contributed by atoms with E-state index < -0.39 is 38.4 Å². The number of para-hydroxylation sites is 1. The van der Waals surface area contributed by atoms with E-state index in [0.717, 1.165) is 19.3 Å². The summed E-state index contributed by atoms with van der Waals surface area (Å²) in [5, 5.41) is 1.82. The normalized spacial score (nSPS) is 14.6. The lowest BCUT2D eigenvalue weighted by molar-refractivity contribution is -0.133. The van der Waals surface area contributed by atoms with Crippen LogP contribution < -0.4 is 10.0 Å². The van der Waals surface area contributed by atoms with E-state index in [0.29, 0.717) is 24.9 Å². The van der Waals surface area contributed by atoms with Gasteiger partial charge in [-0.3, -0.25) is 9.59 Å². The lowest BCUT2D eigenvalue weighted by Gasteiger charge is -2.27. The van der Waals surface area contributed by atoms with Gasteiger partial charge < -0.3 is 5.32 Å². The molecule has 37 heavy (non-hydrogen) atoms. The van der Waals surface area contributed by atoms with Gasteiger partial charge in [0.25, 0.3) is 0 Å². The van der Waals surface area contributed by atoms with Crippen molar-refractivity contribution in [3.05, 3.63) is 30.3 Å². The first-order valence-corrected chi connectivity index (χ1v) is 15.9. The molecule has 3 unspecified atom stereocenters. The van der Waals surface area contributed by atoms with E-state index in [-0.39, 0.29) is 5.38 Å². The van der Waals surface area contributed by atoms with Crippen LogP contribution in [0, 0.1) is 5.41 Å². The number of hydrogen-bond donors (Lipinski definition) is 2. The van der Waals surface area contributed by atoms with E-state index >= 15 is 0 Å². The lowest BCUT2D eigenvalue weighted by Crippen LogP contribution is -2.54. The molecule has 1 rings (SSSR count). The van der Waals surface area contributed by atoms with Crippen molar-refractivity contribution >= 4 is 39.0 Å². The highest BCUT2D eigenvalue weighted by atomic mass is 35.5. The fourth-order valence-electron chi connectivity index (χ4n) is 4.21. The summed E-state index contributed by atoms with van der Waals surface area (Å²) in [4.78, 5) is 26.3. The summed E-state index contributed by atoms with van der Waals surface area (Å²) in [7, 11) is -3.96. The fourth-order valence-corrected chi connectivity index (χ4v) is 5.99. The third-order valence-electron chi connectivity index (χ3n) is 6.54. The van der Waals surface area contributed by atoms with Crippen LogP contribution in [0.2, 0.25) is 0 Å². The lowest BCUT2D eigenvalue weighted by atomic mass is 9.86. The van der Waals surface area contributed by atoms with Crippen LogP contribution in [-0.4, -0.2) is 36.8 Å². The second kappa shape index (κ2) is 17.2. The Bertz CT molecular complexity index is 898. The SMILES string of the molecule is CCCCCCCCCCCC(CCC(C)Cl)S(=O)(=O)NC(C(=O)Nc1ccccc1)C(=O)C(C)(C)C. The summed E-state index contributed by atoms with van der Waals surface area (Å²) in [6, 6.07) is 7.21. The number of alkyl halides is 1. The maximum absolute atomic E-state index is 13.5. The average molecular weight is 557 g/mol. The summed E-state index contributed by atoms with van der Waals surface area (Å²) < 4.78 is 29.5. The van der Waals surface area contributed by atoms with Gasteiger partial charge in [0.15, 0.2) is 11.8 Å². The number of benzene rings is 1. The molecule has 0 radical (unpaired) electrons. The highest BCUT2D eigenvalue weighted by Gasteiger charge is 2.39. The maximum Gasteiger partial charge on any atom is 0.250 e. The van der Waals surface area contributed by atoms with Crippen molar-refractivity contribution in [2.24, 2.45) is 5.41 Å². The Balaban J connectivity index is 2.90. The first-order valence-electron chi connectivity index (χ1n) is 13.9. The first kappa shape index (κ1) is 33.6. The smallest absolute Gasteiger partial charge is 0.250 e. The van der Waals surface area contributed by atoms with E-state index in [1.807, 2.05) is 13.0 Å². The van der Waals surface area contributed by atoms with Crippen LogP contribution in [0.5, 0.6) is 0 Å². The minimum Gasteiger partial charge on any atom is -0.324 e. The van der Waals surface area contributed by atoms with E-state index in [9.17, 15) is 18.0 Å². The highest BCUT2D eigenvalue weighted by molar-refractivity contribution is 7.90. The zero-order valence-electron chi connectivity index (χ0n) is 23.5. The number of rotatable bonds is 19. The molecular formula is C29H49ClN2O4S. The summed E-state index contributed by atoms with van der Waals surface area (Å²) in [6.07, 6.45) is 11.7. The molecule has 0 aliphatic carbocycles. The average Bonchev–Trinajstić information content (AvgIpc) is 2.82. The first-order chi connectivity index (χ1) is 17.4. The van der Waals surface area contributed by atoms with Gasteiger partial charge in [0.05, 0.1) is 5.25 Å². The molecule has 0 fully saturated rings. The van der Waals surface area contributed by atoms with Crippen molar-refractivity contribution in [3.63, 3.8) is 0 Å². The number of unbranched alkanes of at least 4 members (excludes halogenated alkanes) is 8. The Morgan fingerprint density at radius 2 is 1.41 bits per heavy atom. The minimum atomic E-state index is -3.96. The minimum absolute atomic E-state index is 0.158. The summed E-state index contributed by atoms with van der Waals surface area (Å²) in [5.41, 5.74) is -0.404. The molecule has 1 aromatic carbocycles. The molecule has 8 heteroatoms. The number of amides is 1. The van der Waals surface area contributed by atoms with Crippen molar-refractivity contribution in [2.75, 3.05) is 5.32 Å². The molecule has 0 aliphatic heterocycles. The molecule has 3 atom stereocenters. The van der Waals surface area contributed by atoms with Crippen molar-refractivity contribution in [3.8, 4) is 0 Å². The van der Waals surface area contributed by atoms with Gasteiger partial charge in [-0.05, 0) is 38.3 Å². The Morgan fingerprint density at radius 1 is 0.865 bits per heavy atom. The van der Waals surface area contributed by atoms with Gasteiger partial charge in [0.1, 0.15) is 0 Å². The van der Waals surface area contributed by atoms with Gasteiger partial charge in [0, 0.05) is 16.5 Å².